The van der Waals surface area contributed by atoms with Gasteiger partial charge in [0.05, 0.1) is 5.69 Å². The van der Waals surface area contributed by atoms with Crippen LogP contribution in [0.15, 0.2) is 47.3 Å². The fourth-order valence-corrected chi connectivity index (χ4v) is 2.43. The Morgan fingerprint density at radius 3 is 2.57 bits per heavy atom. The first-order chi connectivity index (χ1) is 10.1. The van der Waals surface area contributed by atoms with Crippen molar-refractivity contribution in [3.05, 3.63) is 64.1 Å². The highest BCUT2D eigenvalue weighted by molar-refractivity contribution is 5.38. The van der Waals surface area contributed by atoms with Gasteiger partial charge >= 0.3 is 11.2 Å². The molecule has 0 aliphatic rings. The Hall–Kier alpha value is -2.69. The van der Waals surface area contributed by atoms with Crippen LogP contribution in [0.3, 0.4) is 0 Å². The lowest BCUT2D eigenvalue weighted by Gasteiger charge is -2.08. The second-order valence-corrected chi connectivity index (χ2v) is 4.88. The molecule has 2 aromatic heterocycles. The lowest BCUT2D eigenvalue weighted by Crippen LogP contribution is -2.40. The quantitative estimate of drug-likeness (QED) is 0.725. The van der Waals surface area contributed by atoms with E-state index < -0.39 is 0 Å². The van der Waals surface area contributed by atoms with E-state index >= 15 is 0 Å². The third-order valence-electron chi connectivity index (χ3n) is 3.48. The predicted molar refractivity (Wildman–Crippen MR) is 78.8 cm³/mol. The van der Waals surface area contributed by atoms with Gasteiger partial charge in [0, 0.05) is 6.07 Å². The van der Waals surface area contributed by atoms with Crippen LogP contribution in [0.4, 0.5) is 0 Å². The predicted octanol–water partition coefficient (Wildman–Crippen LogP) is 1.55. The molecule has 1 N–H and O–H groups in total. The van der Waals surface area contributed by atoms with Gasteiger partial charge in [-0.2, -0.15) is 4.57 Å². The van der Waals surface area contributed by atoms with E-state index in [1.54, 1.807) is 10.6 Å². The zero-order valence-electron chi connectivity index (χ0n) is 11.9. The number of benzene rings is 1. The number of aromatic hydroxyl groups is 1. The van der Waals surface area contributed by atoms with Gasteiger partial charge < -0.3 is 5.11 Å². The molecule has 0 unspecified atom stereocenters. The highest BCUT2D eigenvalue weighted by atomic mass is 16.3. The lowest BCUT2D eigenvalue weighted by atomic mass is 10.2. The number of hydrogen-bond donors (Lipinski definition) is 1. The molecule has 106 valence electrons. The third-order valence-corrected chi connectivity index (χ3v) is 3.48. The highest BCUT2D eigenvalue weighted by Gasteiger charge is 2.24. The maximum atomic E-state index is 12.4. The SMILES string of the molecule is CCc1c(O)[n+](-c2ccccc2)c2ccc(C)nn2c1=O. The molecule has 0 fully saturated rings. The summed E-state index contributed by atoms with van der Waals surface area (Å²) >= 11 is 0. The molecule has 0 aliphatic carbocycles. The Morgan fingerprint density at radius 2 is 1.90 bits per heavy atom. The molecule has 5 nitrogen and oxygen atoms in total. The summed E-state index contributed by atoms with van der Waals surface area (Å²) in [6.45, 7) is 3.67. The maximum absolute atomic E-state index is 12.4. The third kappa shape index (κ3) is 2.07. The van der Waals surface area contributed by atoms with Crippen LogP contribution >= 0.6 is 0 Å². The van der Waals surface area contributed by atoms with Crippen molar-refractivity contribution in [2.24, 2.45) is 0 Å². The van der Waals surface area contributed by atoms with Crippen molar-refractivity contribution >= 4 is 5.65 Å². The standard InChI is InChI=1S/C16H15N3O2/c1-3-13-15(20)18(12-7-5-4-6-8-12)14-10-9-11(2)17-19(14)16(13)21/h4-10H,3H2,1-2H3/p+1. The Morgan fingerprint density at radius 1 is 1.19 bits per heavy atom. The van der Waals surface area contributed by atoms with Crippen LogP contribution in [0, 0.1) is 6.92 Å². The van der Waals surface area contributed by atoms with E-state index in [0.717, 1.165) is 11.4 Å². The minimum atomic E-state index is -0.277. The summed E-state index contributed by atoms with van der Waals surface area (Å²) in [6, 6.07) is 13.0. The molecule has 0 atom stereocenters. The van der Waals surface area contributed by atoms with Gasteiger partial charge in [-0.3, -0.25) is 0 Å². The second-order valence-electron chi connectivity index (χ2n) is 4.88. The summed E-state index contributed by atoms with van der Waals surface area (Å²) in [5.41, 5.74) is 2.15. The normalized spacial score (nSPS) is 11.0. The van der Waals surface area contributed by atoms with Crippen LogP contribution in [0.5, 0.6) is 5.88 Å². The Balaban J connectivity index is 2.51. The molecule has 3 rings (SSSR count). The van der Waals surface area contributed by atoms with Crippen LogP contribution < -0.4 is 10.1 Å². The summed E-state index contributed by atoms with van der Waals surface area (Å²) in [5.74, 6) is -0.0284. The number of nitrogens with zero attached hydrogens (tertiary/aromatic N) is 3. The van der Waals surface area contributed by atoms with E-state index in [9.17, 15) is 9.90 Å². The molecule has 0 saturated heterocycles. The second kappa shape index (κ2) is 5.01. The summed E-state index contributed by atoms with van der Waals surface area (Å²) in [6.07, 6.45) is 0.441. The Bertz CT molecular complexity index is 870. The number of fused-ring (bicyclic) bond motifs is 1. The van der Waals surface area contributed by atoms with Crippen LogP contribution in [0.25, 0.3) is 11.3 Å². The monoisotopic (exact) mass is 282 g/mol. The highest BCUT2D eigenvalue weighted by Crippen LogP contribution is 2.13. The minimum absolute atomic E-state index is 0.0284. The van der Waals surface area contributed by atoms with Gasteiger partial charge in [-0.25, -0.2) is 4.79 Å². The Kier molecular flexibility index (Phi) is 3.17. The molecule has 3 aromatic rings. The first-order valence-electron chi connectivity index (χ1n) is 6.85. The fourth-order valence-electron chi connectivity index (χ4n) is 2.43. The number of para-hydroxylation sites is 1. The van der Waals surface area contributed by atoms with Crippen molar-refractivity contribution in [1.82, 2.24) is 9.61 Å². The van der Waals surface area contributed by atoms with Crippen molar-refractivity contribution in [2.75, 3.05) is 0 Å². The van der Waals surface area contributed by atoms with E-state index in [0.29, 0.717) is 17.6 Å². The van der Waals surface area contributed by atoms with Crippen molar-refractivity contribution in [3.63, 3.8) is 0 Å². The molecule has 5 heteroatoms. The van der Waals surface area contributed by atoms with E-state index in [-0.39, 0.29) is 11.4 Å². The van der Waals surface area contributed by atoms with Crippen molar-refractivity contribution in [1.29, 1.82) is 0 Å². The first-order valence-corrected chi connectivity index (χ1v) is 6.85. The fraction of sp³-hybridized carbons (Fsp3) is 0.188. The van der Waals surface area contributed by atoms with Gasteiger partial charge in [0.2, 0.25) is 0 Å². The summed E-state index contributed by atoms with van der Waals surface area (Å²) < 4.78 is 2.99. The zero-order chi connectivity index (χ0) is 15.0. The van der Waals surface area contributed by atoms with Crippen molar-refractivity contribution in [3.8, 4) is 11.6 Å². The topological polar surface area (TPSA) is 58.5 Å². The molecule has 0 saturated carbocycles. The molecule has 0 amide bonds. The molecule has 0 radical (unpaired) electrons. The smallest absolute Gasteiger partial charge is 0.370 e. The van der Waals surface area contributed by atoms with E-state index in [2.05, 4.69) is 5.10 Å². The van der Waals surface area contributed by atoms with Crippen LogP contribution in [0.1, 0.15) is 18.2 Å². The lowest BCUT2D eigenvalue weighted by molar-refractivity contribution is -0.581. The number of aromatic nitrogens is 3. The van der Waals surface area contributed by atoms with Gasteiger partial charge in [0.15, 0.2) is 0 Å². The Labute approximate surface area is 121 Å². The first kappa shape index (κ1) is 13.3. The van der Waals surface area contributed by atoms with E-state index in [4.69, 9.17) is 0 Å². The molecule has 21 heavy (non-hydrogen) atoms. The molecule has 0 spiro atoms. The molecular weight excluding hydrogens is 266 g/mol. The van der Waals surface area contributed by atoms with Crippen molar-refractivity contribution < 1.29 is 9.67 Å². The van der Waals surface area contributed by atoms with Gasteiger partial charge in [-0.15, -0.1) is 0 Å². The van der Waals surface area contributed by atoms with E-state index in [1.807, 2.05) is 50.2 Å². The number of hydrogen-bond acceptors (Lipinski definition) is 3. The van der Waals surface area contributed by atoms with Crippen LogP contribution in [-0.2, 0) is 6.42 Å². The van der Waals surface area contributed by atoms with Gasteiger partial charge in [0.1, 0.15) is 11.3 Å². The average Bonchev–Trinajstić information content (AvgIpc) is 2.50. The zero-order valence-corrected chi connectivity index (χ0v) is 11.9. The number of aryl methyl sites for hydroxylation is 1. The molecule has 2 heterocycles. The molecular formula is C16H16N3O2+. The molecule has 0 bridgehead atoms. The largest absolute Gasteiger partial charge is 0.477 e. The number of rotatable bonds is 2. The maximum Gasteiger partial charge on any atom is 0.370 e. The van der Waals surface area contributed by atoms with Gasteiger partial charge in [0.25, 0.3) is 5.88 Å². The van der Waals surface area contributed by atoms with E-state index in [1.165, 1.54) is 4.52 Å². The molecule has 1 aromatic carbocycles. The average molecular weight is 282 g/mol. The minimum Gasteiger partial charge on any atom is -0.477 e. The summed E-state index contributed by atoms with van der Waals surface area (Å²) in [4.78, 5) is 12.4. The van der Waals surface area contributed by atoms with Crippen LogP contribution in [-0.4, -0.2) is 14.7 Å². The summed E-state index contributed by atoms with van der Waals surface area (Å²) in [5, 5.41) is 14.8. The van der Waals surface area contributed by atoms with Gasteiger partial charge in [-0.05, 0) is 31.5 Å². The van der Waals surface area contributed by atoms with Crippen molar-refractivity contribution in [2.45, 2.75) is 20.3 Å². The molecule has 0 aliphatic heterocycles. The summed E-state index contributed by atoms with van der Waals surface area (Å²) in [7, 11) is 0. The van der Waals surface area contributed by atoms with Gasteiger partial charge in [-0.1, -0.05) is 34.7 Å². The van der Waals surface area contributed by atoms with Crippen LogP contribution in [0.2, 0.25) is 0 Å².